The largest absolute Gasteiger partial charge is 0.341 e. The Morgan fingerprint density at radius 2 is 1.90 bits per heavy atom. The van der Waals surface area contributed by atoms with E-state index in [9.17, 15) is 18.8 Å². The van der Waals surface area contributed by atoms with Gasteiger partial charge in [0.25, 0.3) is 11.7 Å². The summed E-state index contributed by atoms with van der Waals surface area (Å²) in [6.07, 6.45) is 1.92. The third-order valence-electron chi connectivity index (χ3n) is 3.97. The van der Waals surface area contributed by atoms with Crippen molar-refractivity contribution in [3.8, 4) is 0 Å². The van der Waals surface area contributed by atoms with Gasteiger partial charge in [-0.2, -0.15) is 0 Å². The summed E-state index contributed by atoms with van der Waals surface area (Å²) in [5.41, 5.74) is 0.893. The van der Waals surface area contributed by atoms with Crippen molar-refractivity contribution in [2.45, 2.75) is 19.8 Å². The van der Waals surface area contributed by atoms with Crippen LogP contribution in [0.3, 0.4) is 0 Å². The van der Waals surface area contributed by atoms with Gasteiger partial charge in [-0.15, -0.1) is 0 Å². The number of benzene rings is 1. The second-order valence-electron chi connectivity index (χ2n) is 5.43. The summed E-state index contributed by atoms with van der Waals surface area (Å²) < 4.78 is 13.4. The van der Waals surface area contributed by atoms with E-state index in [1.807, 2.05) is 0 Å². The molecule has 0 radical (unpaired) electrons. The highest BCUT2D eigenvalue weighted by atomic mass is 19.1. The highest BCUT2D eigenvalue weighted by Crippen LogP contribution is 2.33. The Kier molecular flexibility index (Phi) is 3.23. The Morgan fingerprint density at radius 3 is 2.57 bits per heavy atom. The van der Waals surface area contributed by atoms with Gasteiger partial charge in [0.1, 0.15) is 12.4 Å². The predicted octanol–water partition coefficient (Wildman–Crippen LogP) is 1.29. The predicted molar refractivity (Wildman–Crippen MR) is 73.6 cm³/mol. The summed E-state index contributed by atoms with van der Waals surface area (Å²) in [4.78, 5) is 39.0. The molecule has 3 rings (SSSR count). The van der Waals surface area contributed by atoms with Crippen molar-refractivity contribution in [3.63, 3.8) is 0 Å². The van der Waals surface area contributed by atoms with Crippen molar-refractivity contribution in [1.29, 1.82) is 0 Å². The van der Waals surface area contributed by atoms with E-state index in [4.69, 9.17) is 0 Å². The average Bonchev–Trinajstić information content (AvgIpc) is 3.03. The molecule has 2 heterocycles. The molecular formula is C15H15FN2O3. The maximum Gasteiger partial charge on any atom is 0.299 e. The van der Waals surface area contributed by atoms with Crippen LogP contribution in [0.15, 0.2) is 12.1 Å². The maximum absolute atomic E-state index is 13.4. The molecule has 6 heteroatoms. The summed E-state index contributed by atoms with van der Waals surface area (Å²) >= 11 is 0. The van der Waals surface area contributed by atoms with E-state index in [2.05, 4.69) is 0 Å². The summed E-state index contributed by atoms with van der Waals surface area (Å²) in [6.45, 7) is 2.83. The van der Waals surface area contributed by atoms with Gasteiger partial charge >= 0.3 is 0 Å². The first-order chi connectivity index (χ1) is 9.99. The fourth-order valence-electron chi connectivity index (χ4n) is 2.96. The van der Waals surface area contributed by atoms with Crippen LogP contribution in [0.2, 0.25) is 0 Å². The standard InChI is InChI=1S/C15H15FN2O3/c1-9-6-10(16)7-11-13(9)18(15(21)14(11)20)8-12(19)17-4-2-3-5-17/h6-7H,2-5,8H2,1H3. The number of Topliss-reactive ketones (excluding diaryl/α,β-unsaturated/α-hetero) is 1. The van der Waals surface area contributed by atoms with Gasteiger partial charge in [-0.25, -0.2) is 4.39 Å². The van der Waals surface area contributed by atoms with E-state index in [1.54, 1.807) is 11.8 Å². The van der Waals surface area contributed by atoms with Gasteiger partial charge in [0.2, 0.25) is 5.91 Å². The Bertz CT molecular complexity index is 651. The molecule has 0 bridgehead atoms. The van der Waals surface area contributed by atoms with Gasteiger partial charge < -0.3 is 4.90 Å². The Labute approximate surface area is 121 Å². The number of halogens is 1. The van der Waals surface area contributed by atoms with E-state index in [1.165, 1.54) is 11.0 Å². The molecule has 0 saturated carbocycles. The van der Waals surface area contributed by atoms with Crippen LogP contribution in [0.25, 0.3) is 0 Å². The third-order valence-corrected chi connectivity index (χ3v) is 3.97. The Morgan fingerprint density at radius 1 is 1.24 bits per heavy atom. The molecule has 1 saturated heterocycles. The fraction of sp³-hybridized carbons (Fsp3) is 0.400. The lowest BCUT2D eigenvalue weighted by atomic mass is 10.1. The minimum absolute atomic E-state index is 0.0479. The highest BCUT2D eigenvalue weighted by Gasteiger charge is 2.39. The van der Waals surface area contributed by atoms with Crippen LogP contribution in [-0.2, 0) is 9.59 Å². The van der Waals surface area contributed by atoms with Crippen molar-refractivity contribution in [1.82, 2.24) is 4.90 Å². The third kappa shape index (κ3) is 2.20. The number of anilines is 1. The molecule has 0 atom stereocenters. The number of nitrogens with zero attached hydrogens (tertiary/aromatic N) is 2. The average molecular weight is 290 g/mol. The van der Waals surface area contributed by atoms with Crippen LogP contribution in [-0.4, -0.2) is 42.1 Å². The second kappa shape index (κ2) is 4.95. The smallest absolute Gasteiger partial charge is 0.299 e. The van der Waals surface area contributed by atoms with Gasteiger partial charge in [0.05, 0.1) is 11.3 Å². The molecule has 5 nitrogen and oxygen atoms in total. The van der Waals surface area contributed by atoms with Crippen LogP contribution in [0.4, 0.5) is 10.1 Å². The molecule has 0 aliphatic carbocycles. The molecule has 0 spiro atoms. The lowest BCUT2D eigenvalue weighted by Crippen LogP contribution is -2.41. The number of hydrogen-bond acceptors (Lipinski definition) is 3. The monoisotopic (exact) mass is 290 g/mol. The van der Waals surface area contributed by atoms with E-state index in [-0.39, 0.29) is 18.0 Å². The molecule has 110 valence electrons. The van der Waals surface area contributed by atoms with Crippen LogP contribution >= 0.6 is 0 Å². The van der Waals surface area contributed by atoms with Crippen molar-refractivity contribution in [2.75, 3.05) is 24.5 Å². The SMILES string of the molecule is Cc1cc(F)cc2c1N(CC(=O)N1CCCC1)C(=O)C2=O. The van der Waals surface area contributed by atoms with E-state index < -0.39 is 17.5 Å². The molecule has 0 N–H and O–H groups in total. The molecule has 2 aliphatic heterocycles. The summed E-state index contributed by atoms with van der Waals surface area (Å²) in [6, 6.07) is 2.32. The highest BCUT2D eigenvalue weighted by molar-refractivity contribution is 6.52. The first-order valence-electron chi connectivity index (χ1n) is 6.93. The number of likely N-dealkylation sites (tertiary alicyclic amines) is 1. The summed E-state index contributed by atoms with van der Waals surface area (Å²) in [5.74, 6) is -2.24. The zero-order valence-electron chi connectivity index (χ0n) is 11.7. The van der Waals surface area contributed by atoms with Crippen LogP contribution in [0.1, 0.15) is 28.8 Å². The van der Waals surface area contributed by atoms with Crippen LogP contribution in [0, 0.1) is 12.7 Å². The molecule has 21 heavy (non-hydrogen) atoms. The number of amides is 2. The first kappa shape index (κ1) is 13.7. The zero-order valence-corrected chi connectivity index (χ0v) is 11.7. The van der Waals surface area contributed by atoms with Crippen molar-refractivity contribution >= 4 is 23.3 Å². The minimum atomic E-state index is -0.758. The normalized spacial score (nSPS) is 17.6. The van der Waals surface area contributed by atoms with Gasteiger partial charge in [0.15, 0.2) is 0 Å². The number of hydrogen-bond donors (Lipinski definition) is 0. The second-order valence-corrected chi connectivity index (χ2v) is 5.43. The topological polar surface area (TPSA) is 57.7 Å². The Hall–Kier alpha value is -2.24. The Balaban J connectivity index is 1.92. The molecule has 2 aliphatic rings. The zero-order chi connectivity index (χ0) is 15.1. The number of fused-ring (bicyclic) bond motifs is 1. The van der Waals surface area contributed by atoms with Gasteiger partial charge in [-0.1, -0.05) is 0 Å². The van der Waals surface area contributed by atoms with Crippen molar-refractivity contribution < 1.29 is 18.8 Å². The lowest BCUT2D eigenvalue weighted by Gasteiger charge is -2.22. The quantitative estimate of drug-likeness (QED) is 0.771. The fourth-order valence-corrected chi connectivity index (χ4v) is 2.96. The van der Waals surface area contributed by atoms with Crippen LogP contribution in [0.5, 0.6) is 0 Å². The number of carbonyl (C=O) groups excluding carboxylic acids is 3. The molecule has 1 aromatic rings. The first-order valence-corrected chi connectivity index (χ1v) is 6.93. The maximum atomic E-state index is 13.4. The van der Waals surface area contributed by atoms with Gasteiger partial charge in [-0.05, 0) is 37.5 Å². The molecule has 0 unspecified atom stereocenters. The van der Waals surface area contributed by atoms with E-state index in [0.29, 0.717) is 24.3 Å². The molecule has 1 aromatic carbocycles. The van der Waals surface area contributed by atoms with Gasteiger partial charge in [0, 0.05) is 13.1 Å². The van der Waals surface area contributed by atoms with E-state index >= 15 is 0 Å². The lowest BCUT2D eigenvalue weighted by molar-refractivity contribution is -0.129. The number of ketones is 1. The summed E-state index contributed by atoms with van der Waals surface area (Å²) in [7, 11) is 0. The van der Waals surface area contributed by atoms with E-state index in [0.717, 1.165) is 18.9 Å². The van der Waals surface area contributed by atoms with Crippen molar-refractivity contribution in [2.24, 2.45) is 0 Å². The molecular weight excluding hydrogens is 275 g/mol. The number of rotatable bonds is 2. The molecule has 2 amide bonds. The number of aryl methyl sites for hydroxylation is 1. The van der Waals surface area contributed by atoms with Gasteiger partial charge in [-0.3, -0.25) is 19.3 Å². The molecule has 0 aromatic heterocycles. The molecule has 1 fully saturated rings. The van der Waals surface area contributed by atoms with Crippen LogP contribution < -0.4 is 4.90 Å². The van der Waals surface area contributed by atoms with Crippen molar-refractivity contribution in [3.05, 3.63) is 29.1 Å². The summed E-state index contributed by atoms with van der Waals surface area (Å²) in [5, 5.41) is 0. The minimum Gasteiger partial charge on any atom is -0.341 e. The number of carbonyl (C=O) groups is 3.